The summed E-state index contributed by atoms with van der Waals surface area (Å²) < 4.78 is 35.8. The Morgan fingerprint density at radius 3 is 2.26 bits per heavy atom. The van der Waals surface area contributed by atoms with Gasteiger partial charge < -0.3 is 54.0 Å². The van der Waals surface area contributed by atoms with E-state index in [0.717, 1.165) is 11.1 Å². The summed E-state index contributed by atoms with van der Waals surface area (Å²) in [5, 5.41) is 38.3. The van der Waals surface area contributed by atoms with E-state index >= 15 is 0 Å². The van der Waals surface area contributed by atoms with Crippen molar-refractivity contribution in [2.45, 2.75) is 200 Å². The van der Waals surface area contributed by atoms with E-state index in [1.54, 1.807) is 60.4 Å². The van der Waals surface area contributed by atoms with Crippen LogP contribution in [0.15, 0.2) is 60.0 Å². The number of piperidine rings is 1. The monoisotopic (exact) mass is 1060 g/mol. The van der Waals surface area contributed by atoms with Crippen LogP contribution in [0.4, 0.5) is 4.79 Å². The SMILES string of the molecule is CO[C@H]1C[C@@H]2CC[C@@H](C)[C@@](O)(O2)C(=O)C(=O)N2CCCC[C@H]2C(=O)O[C@H]([C@H](C)C[C@@H]2CC[C@@H](OC(=O)NCc3cnc(C)nc3)[C@H](OC)C2)C[C@@H](O)[C@H](C)/C=C(\C)[C@@H](O)[C@@H](OC)C(=O)C(C)C[C@H](C)/C=C/C=C/C=C/1C. The fourth-order valence-corrected chi connectivity index (χ4v) is 11.2. The summed E-state index contributed by atoms with van der Waals surface area (Å²) in [5.41, 5.74) is 2.02. The van der Waals surface area contributed by atoms with Crippen LogP contribution in [0.25, 0.3) is 0 Å². The quantitative estimate of drug-likeness (QED) is 0.110. The molecule has 4 aliphatic rings. The Balaban J connectivity index is 1.41. The van der Waals surface area contributed by atoms with Crippen LogP contribution >= 0.6 is 0 Å². The molecule has 0 spiro atoms. The molecule has 1 saturated carbocycles. The number of hydrogen-bond donors (Lipinski definition) is 4. The second-order valence-corrected chi connectivity index (χ2v) is 22.2. The van der Waals surface area contributed by atoms with Crippen LogP contribution in [0.2, 0.25) is 0 Å². The molecule has 1 aromatic rings. The second-order valence-electron chi connectivity index (χ2n) is 22.2. The molecule has 5 rings (SSSR count). The minimum absolute atomic E-state index is 0.0115. The number of Topliss-reactive ketones (excluding diaryl/α,β-unsaturated/α-hetero) is 2. The number of rotatable bonds is 9. The van der Waals surface area contributed by atoms with Crippen molar-refractivity contribution in [2.24, 2.45) is 35.5 Å². The Hall–Kier alpha value is -4.69. The third-order valence-electron chi connectivity index (χ3n) is 16.2. The third kappa shape index (κ3) is 16.9. The van der Waals surface area contributed by atoms with E-state index < -0.39 is 102 Å². The highest BCUT2D eigenvalue weighted by molar-refractivity contribution is 6.39. The van der Waals surface area contributed by atoms with E-state index in [-0.39, 0.29) is 49.5 Å². The number of nitrogens with zero attached hydrogens (tertiary/aromatic N) is 3. The standard InChI is InChI=1S/C58H88N4O14/c1-34-17-13-12-14-18-35(2)48(71-9)29-44-22-20-40(7)58(70,76-44)54(66)55(67)62-24-16-15-19-45(62)56(68)74-49(30-46(63)36(3)26-39(6)52(65)53(73-11)51(64)38(5)25-34)37(4)27-42-21-23-47(50(28-42)72-10)75-57(69)61-33-43-31-59-41(8)60-32-43/h12-14,17-18,26,31-32,34,36-38,40,42,44-50,52-53,63,65,70H,15-16,19-25,27-30,33H2,1-11H3,(H,61,69)/b14-12+,17-13+,35-18+,39-26+/t34-,36-,37-,38?,40-,42+,44+,45+,46-,47-,48+,49+,50-,52-,53+,58-/m1/s1. The molecule has 4 N–H and O–H groups in total. The van der Waals surface area contributed by atoms with Crippen LogP contribution < -0.4 is 5.32 Å². The first-order valence-electron chi connectivity index (χ1n) is 27.5. The van der Waals surface area contributed by atoms with Gasteiger partial charge in [-0.1, -0.05) is 71.1 Å². The number of methoxy groups -OCH3 is 3. The normalized spacial score (nSPS) is 37.1. The van der Waals surface area contributed by atoms with E-state index in [1.165, 1.54) is 12.0 Å². The van der Waals surface area contributed by atoms with Crippen LogP contribution in [0.3, 0.4) is 0 Å². The maximum Gasteiger partial charge on any atom is 0.407 e. The van der Waals surface area contributed by atoms with Gasteiger partial charge in [0.25, 0.3) is 11.7 Å². The largest absolute Gasteiger partial charge is 0.460 e. The lowest BCUT2D eigenvalue weighted by atomic mass is 9.78. The van der Waals surface area contributed by atoms with E-state index in [4.69, 9.17) is 28.4 Å². The Kier molecular flexibility index (Phi) is 24.0. The Morgan fingerprint density at radius 2 is 1.58 bits per heavy atom. The highest BCUT2D eigenvalue weighted by Crippen LogP contribution is 2.38. The first-order valence-corrected chi connectivity index (χ1v) is 27.5. The molecule has 3 fully saturated rings. The van der Waals surface area contributed by atoms with Crippen molar-refractivity contribution in [2.75, 3.05) is 27.9 Å². The van der Waals surface area contributed by atoms with E-state index in [0.29, 0.717) is 75.6 Å². The van der Waals surface area contributed by atoms with Crippen LogP contribution in [0.1, 0.15) is 137 Å². The number of ketones is 2. The Labute approximate surface area is 450 Å². The molecule has 1 aliphatic carbocycles. The number of amides is 2. The van der Waals surface area contributed by atoms with Gasteiger partial charge in [0.2, 0.25) is 5.79 Å². The van der Waals surface area contributed by atoms with Crippen molar-refractivity contribution in [1.29, 1.82) is 0 Å². The van der Waals surface area contributed by atoms with Gasteiger partial charge in [-0.05, 0) is 114 Å². The number of carbonyl (C=O) groups excluding carboxylic acids is 5. The second kappa shape index (κ2) is 29.3. The number of aromatic nitrogens is 2. The van der Waals surface area contributed by atoms with Crippen LogP contribution in [-0.2, 0) is 54.1 Å². The van der Waals surface area contributed by atoms with Crippen molar-refractivity contribution in [3.8, 4) is 0 Å². The number of carbonyl (C=O) groups is 5. The van der Waals surface area contributed by atoms with Gasteiger partial charge in [0.15, 0.2) is 5.78 Å². The predicted octanol–water partition coefficient (Wildman–Crippen LogP) is 7.00. The molecule has 1 unspecified atom stereocenters. The fourth-order valence-electron chi connectivity index (χ4n) is 11.2. The first kappa shape index (κ1) is 62.2. The number of aryl methyl sites for hydroxylation is 1. The maximum atomic E-state index is 14.6. The van der Waals surface area contributed by atoms with Gasteiger partial charge >= 0.3 is 12.1 Å². The lowest BCUT2D eigenvalue weighted by Crippen LogP contribution is -2.61. The topological polar surface area (TPSA) is 242 Å². The number of ether oxygens (including phenoxy) is 6. The van der Waals surface area contributed by atoms with Crippen molar-refractivity contribution in [1.82, 2.24) is 20.2 Å². The Morgan fingerprint density at radius 1 is 0.855 bits per heavy atom. The summed E-state index contributed by atoms with van der Waals surface area (Å²) in [6.45, 7) is 14.9. The lowest BCUT2D eigenvalue weighted by molar-refractivity contribution is -0.265. The third-order valence-corrected chi connectivity index (χ3v) is 16.2. The average molecular weight is 1070 g/mol. The molecule has 2 amide bonds. The molecule has 76 heavy (non-hydrogen) atoms. The zero-order valence-electron chi connectivity index (χ0n) is 46.9. The summed E-state index contributed by atoms with van der Waals surface area (Å²) in [6, 6.07) is -1.15. The first-order chi connectivity index (χ1) is 36.1. The zero-order chi connectivity index (χ0) is 55.9. The highest BCUT2D eigenvalue weighted by atomic mass is 16.6. The number of aliphatic hydroxyl groups excluding tert-OH is 2. The summed E-state index contributed by atoms with van der Waals surface area (Å²) in [4.78, 5) is 79.6. The summed E-state index contributed by atoms with van der Waals surface area (Å²) >= 11 is 0. The van der Waals surface area contributed by atoms with Crippen molar-refractivity contribution >= 4 is 29.5 Å². The average Bonchev–Trinajstić information content (AvgIpc) is 3.40. The van der Waals surface area contributed by atoms with E-state index in [9.17, 15) is 39.3 Å². The number of aliphatic hydroxyl groups is 3. The van der Waals surface area contributed by atoms with E-state index in [1.807, 2.05) is 58.1 Å². The number of allylic oxidation sites excluding steroid dienone is 5. The van der Waals surface area contributed by atoms with Crippen LogP contribution in [0, 0.1) is 42.4 Å². The van der Waals surface area contributed by atoms with Gasteiger partial charge in [0, 0.05) is 83.0 Å². The van der Waals surface area contributed by atoms with Crippen LogP contribution in [-0.4, -0.2) is 148 Å². The predicted molar refractivity (Wildman–Crippen MR) is 284 cm³/mol. The molecule has 0 aromatic carbocycles. The van der Waals surface area contributed by atoms with Crippen molar-refractivity contribution < 1.29 is 67.7 Å². The summed E-state index contributed by atoms with van der Waals surface area (Å²) in [7, 11) is 4.54. The highest BCUT2D eigenvalue weighted by Gasteiger charge is 2.53. The number of alkyl carbamates (subject to hydrolysis) is 1. The van der Waals surface area contributed by atoms with Gasteiger partial charge in [-0.15, -0.1) is 0 Å². The number of hydrogen-bond acceptors (Lipinski definition) is 16. The van der Waals surface area contributed by atoms with Crippen LogP contribution in [0.5, 0.6) is 0 Å². The number of fused-ring (bicyclic) bond motifs is 3. The zero-order valence-corrected chi connectivity index (χ0v) is 46.9. The number of cyclic esters (lactones) is 1. The van der Waals surface area contributed by atoms with Gasteiger partial charge in [-0.2, -0.15) is 0 Å². The summed E-state index contributed by atoms with van der Waals surface area (Å²) in [5.74, 6) is -7.05. The molecular formula is C58H88N4O14. The minimum Gasteiger partial charge on any atom is -0.460 e. The fraction of sp³-hybridized carbons (Fsp3) is 0.707. The molecule has 4 heterocycles. The number of nitrogens with one attached hydrogen (secondary N) is 1. The summed E-state index contributed by atoms with van der Waals surface area (Å²) in [6.07, 6.45) is 12.8. The molecule has 424 valence electrons. The number of esters is 1. The molecule has 3 aliphatic heterocycles. The van der Waals surface area contributed by atoms with Crippen molar-refractivity contribution in [3.63, 3.8) is 0 Å². The minimum atomic E-state index is -2.45. The van der Waals surface area contributed by atoms with Gasteiger partial charge in [0.05, 0.1) is 24.4 Å². The smallest absolute Gasteiger partial charge is 0.407 e. The van der Waals surface area contributed by atoms with Gasteiger partial charge in [-0.3, -0.25) is 14.4 Å². The molecule has 1 aromatic heterocycles. The van der Waals surface area contributed by atoms with Gasteiger partial charge in [0.1, 0.15) is 36.3 Å². The van der Waals surface area contributed by atoms with Gasteiger partial charge in [-0.25, -0.2) is 19.6 Å². The maximum absolute atomic E-state index is 14.6. The lowest BCUT2D eigenvalue weighted by Gasteiger charge is -2.43. The Bertz CT molecular complexity index is 2220. The molecule has 0 radical (unpaired) electrons. The van der Waals surface area contributed by atoms with E-state index in [2.05, 4.69) is 15.3 Å². The molecule has 18 heteroatoms. The van der Waals surface area contributed by atoms with Crippen molar-refractivity contribution in [3.05, 3.63) is 71.4 Å². The molecule has 16 atom stereocenters. The molecule has 2 saturated heterocycles. The molecule has 18 nitrogen and oxygen atoms in total. The molecular weight excluding hydrogens is 977 g/mol. The molecule has 2 bridgehead atoms.